The minimum absolute atomic E-state index is 0.0869. The minimum Gasteiger partial charge on any atom is -0.493 e. The fourth-order valence-corrected chi connectivity index (χ4v) is 6.68. The van der Waals surface area contributed by atoms with E-state index in [4.69, 9.17) is 42.6 Å². The summed E-state index contributed by atoms with van der Waals surface area (Å²) in [4.78, 5) is 0. The number of hydrogen-bond donors (Lipinski definition) is 6. The second-order valence-corrected chi connectivity index (χ2v) is 12.1. The van der Waals surface area contributed by atoms with E-state index in [1.54, 1.807) is 12.1 Å². The molecule has 0 aliphatic carbocycles. The lowest BCUT2D eigenvalue weighted by Crippen LogP contribution is -2.61. The van der Waals surface area contributed by atoms with Crippen LogP contribution in [0.15, 0.2) is 36.4 Å². The van der Waals surface area contributed by atoms with E-state index >= 15 is 0 Å². The molecule has 0 aromatic heterocycles. The van der Waals surface area contributed by atoms with Gasteiger partial charge >= 0.3 is 0 Å². The number of aliphatic hydroxyl groups excluding tert-OH is 6. The molecule has 13 atom stereocenters. The van der Waals surface area contributed by atoms with Crippen LogP contribution in [0.3, 0.4) is 0 Å². The summed E-state index contributed by atoms with van der Waals surface area (Å²) in [5.41, 5.74) is 1.85. The van der Waals surface area contributed by atoms with Gasteiger partial charge in [0.2, 0.25) is 13.1 Å². The third-order valence-electron chi connectivity index (χ3n) is 9.30. The lowest BCUT2D eigenvalue weighted by atomic mass is 9.85. The lowest BCUT2D eigenvalue weighted by molar-refractivity contribution is -0.307. The molecule has 0 radical (unpaired) electrons. The molecule has 7 rings (SSSR count). The zero-order chi connectivity index (χ0) is 32.1. The van der Waals surface area contributed by atoms with Gasteiger partial charge in [-0.2, -0.15) is 0 Å². The van der Waals surface area contributed by atoms with Crippen LogP contribution in [-0.2, 0) is 23.7 Å². The second-order valence-electron chi connectivity index (χ2n) is 12.1. The Morgan fingerprint density at radius 3 is 2.09 bits per heavy atom. The molecule has 252 valence electrons. The van der Waals surface area contributed by atoms with E-state index < -0.39 is 61.9 Å². The molecule has 4 fully saturated rings. The fraction of sp³-hybridized carbons (Fsp3) is 0.613. The largest absolute Gasteiger partial charge is 0.493 e. The SMILES string of the molecule is COc1cc([C@H]2OC[C@H]3[C@@H]2CO[C@@H]3c2ccc3c(c2)OCO3)ccc1O[C@@H]1O[C@H](CO[C@@H]2OC[C@@H](O)[C@H](O)[C@H]2O)[C@@H](O)[C@H](O)[C@H]1O. The van der Waals surface area contributed by atoms with Crippen LogP contribution in [0.1, 0.15) is 23.3 Å². The quantitative estimate of drug-likeness (QED) is 0.206. The van der Waals surface area contributed by atoms with Gasteiger partial charge in [-0.3, -0.25) is 0 Å². The first-order chi connectivity index (χ1) is 22.2. The third kappa shape index (κ3) is 5.79. The van der Waals surface area contributed by atoms with Crippen LogP contribution in [0.5, 0.6) is 23.0 Å². The summed E-state index contributed by atoms with van der Waals surface area (Å²) in [6, 6.07) is 11.1. The predicted octanol–water partition coefficient (Wildman–Crippen LogP) is -0.859. The van der Waals surface area contributed by atoms with Crippen molar-refractivity contribution < 1.29 is 73.3 Å². The number of rotatable bonds is 8. The standard InChI is InChI=1S/C31H38O15/c1-38-20-6-13(28-15-8-40-29(16(15)9-39-28)14-2-4-18-21(7-14)44-12-43-18)3-5-19(20)45-31-27(37)25(35)24(34)22(46-31)11-42-30-26(36)23(33)17(32)10-41-30/h2-7,15-17,22-37H,8-12H2,1H3/t15-,16-,17+,22+,23-,24+,25-,26+,27+,28+,29+,30-,31+/m0/s1. The molecule has 0 unspecified atom stereocenters. The highest BCUT2D eigenvalue weighted by molar-refractivity contribution is 5.46. The number of methoxy groups -OCH3 is 1. The van der Waals surface area contributed by atoms with Crippen LogP contribution >= 0.6 is 0 Å². The number of benzene rings is 2. The Hall–Kier alpha value is -2.80. The van der Waals surface area contributed by atoms with Crippen molar-refractivity contribution in [3.63, 3.8) is 0 Å². The molecule has 15 nitrogen and oxygen atoms in total. The van der Waals surface area contributed by atoms with E-state index in [1.165, 1.54) is 7.11 Å². The Labute approximate surface area is 263 Å². The van der Waals surface area contributed by atoms with Crippen LogP contribution in [0.2, 0.25) is 0 Å². The molecule has 6 N–H and O–H groups in total. The molecule has 0 amide bonds. The van der Waals surface area contributed by atoms with Gasteiger partial charge in [0.1, 0.15) is 42.7 Å². The van der Waals surface area contributed by atoms with E-state index in [0.29, 0.717) is 30.5 Å². The second kappa shape index (κ2) is 13.0. The number of fused-ring (bicyclic) bond motifs is 2. The molecular formula is C31H38O15. The van der Waals surface area contributed by atoms with Gasteiger partial charge in [-0.1, -0.05) is 12.1 Å². The maximum Gasteiger partial charge on any atom is 0.231 e. The van der Waals surface area contributed by atoms with Crippen LogP contribution in [0, 0.1) is 11.8 Å². The zero-order valence-corrected chi connectivity index (χ0v) is 24.9. The van der Waals surface area contributed by atoms with Gasteiger partial charge in [-0.15, -0.1) is 0 Å². The first-order valence-corrected chi connectivity index (χ1v) is 15.2. The van der Waals surface area contributed by atoms with Crippen molar-refractivity contribution in [2.45, 2.75) is 67.5 Å². The minimum atomic E-state index is -1.66. The summed E-state index contributed by atoms with van der Waals surface area (Å²) in [6.45, 7) is 0.529. The van der Waals surface area contributed by atoms with Crippen molar-refractivity contribution in [1.82, 2.24) is 0 Å². The summed E-state index contributed by atoms with van der Waals surface area (Å²) in [5.74, 6) is 2.15. The van der Waals surface area contributed by atoms with Gasteiger partial charge in [0.05, 0.1) is 45.7 Å². The number of hydrogen-bond acceptors (Lipinski definition) is 15. The molecule has 5 aliphatic heterocycles. The van der Waals surface area contributed by atoms with Gasteiger partial charge in [0.25, 0.3) is 0 Å². The van der Waals surface area contributed by atoms with Crippen molar-refractivity contribution in [1.29, 1.82) is 0 Å². The molecule has 5 heterocycles. The molecule has 2 aromatic rings. The molecular weight excluding hydrogens is 612 g/mol. The van der Waals surface area contributed by atoms with Crippen molar-refractivity contribution >= 4 is 0 Å². The molecule has 4 saturated heterocycles. The van der Waals surface area contributed by atoms with Crippen LogP contribution in [-0.4, -0.2) is 126 Å². The Balaban J connectivity index is 1.01. The highest BCUT2D eigenvalue weighted by atomic mass is 16.7. The normalized spacial score (nSPS) is 40.1. The number of ether oxygens (including phenoxy) is 9. The Morgan fingerprint density at radius 1 is 0.674 bits per heavy atom. The summed E-state index contributed by atoms with van der Waals surface area (Å²) in [6.07, 6.45) is -13.6. The van der Waals surface area contributed by atoms with Crippen molar-refractivity contribution in [3.8, 4) is 23.0 Å². The van der Waals surface area contributed by atoms with E-state index in [1.807, 2.05) is 24.3 Å². The average molecular weight is 651 g/mol. The first-order valence-electron chi connectivity index (χ1n) is 15.2. The highest BCUT2D eigenvalue weighted by Crippen LogP contribution is 2.52. The van der Waals surface area contributed by atoms with Crippen LogP contribution in [0.25, 0.3) is 0 Å². The van der Waals surface area contributed by atoms with E-state index in [-0.39, 0.29) is 43.2 Å². The molecule has 0 bridgehead atoms. The van der Waals surface area contributed by atoms with Crippen LogP contribution in [0.4, 0.5) is 0 Å². The van der Waals surface area contributed by atoms with Gasteiger partial charge in [-0.05, 0) is 35.4 Å². The van der Waals surface area contributed by atoms with Crippen molar-refractivity contribution in [2.24, 2.45) is 11.8 Å². The van der Waals surface area contributed by atoms with Crippen molar-refractivity contribution in [3.05, 3.63) is 47.5 Å². The molecule has 2 aromatic carbocycles. The molecule has 5 aliphatic rings. The maximum absolute atomic E-state index is 10.7. The highest BCUT2D eigenvalue weighted by Gasteiger charge is 2.49. The predicted molar refractivity (Wildman–Crippen MR) is 151 cm³/mol. The molecule has 0 spiro atoms. The molecule has 46 heavy (non-hydrogen) atoms. The summed E-state index contributed by atoms with van der Waals surface area (Å²) in [7, 11) is 1.47. The monoisotopic (exact) mass is 650 g/mol. The van der Waals surface area contributed by atoms with Gasteiger partial charge < -0.3 is 73.3 Å². The first kappa shape index (κ1) is 31.8. The van der Waals surface area contributed by atoms with Gasteiger partial charge in [-0.25, -0.2) is 0 Å². The zero-order valence-electron chi connectivity index (χ0n) is 24.9. The van der Waals surface area contributed by atoms with E-state index in [9.17, 15) is 30.6 Å². The maximum atomic E-state index is 10.7. The fourth-order valence-electron chi connectivity index (χ4n) is 6.68. The van der Waals surface area contributed by atoms with Crippen LogP contribution < -0.4 is 18.9 Å². The average Bonchev–Trinajstić information content (AvgIpc) is 3.81. The van der Waals surface area contributed by atoms with E-state index in [0.717, 1.165) is 11.1 Å². The lowest BCUT2D eigenvalue weighted by Gasteiger charge is -2.41. The Kier molecular flexibility index (Phi) is 8.99. The summed E-state index contributed by atoms with van der Waals surface area (Å²) >= 11 is 0. The van der Waals surface area contributed by atoms with Gasteiger partial charge in [0.15, 0.2) is 29.3 Å². The summed E-state index contributed by atoms with van der Waals surface area (Å²) < 4.78 is 51.5. The number of aliphatic hydroxyl groups is 6. The van der Waals surface area contributed by atoms with E-state index in [2.05, 4.69) is 0 Å². The topological polar surface area (TPSA) is 204 Å². The summed E-state index contributed by atoms with van der Waals surface area (Å²) in [5, 5.41) is 61.4. The third-order valence-corrected chi connectivity index (χ3v) is 9.30. The van der Waals surface area contributed by atoms with Crippen molar-refractivity contribution in [2.75, 3.05) is 40.3 Å². The Morgan fingerprint density at radius 2 is 1.35 bits per heavy atom. The Bertz CT molecular complexity index is 1380. The smallest absolute Gasteiger partial charge is 0.231 e. The van der Waals surface area contributed by atoms with Gasteiger partial charge in [0, 0.05) is 11.8 Å². The molecule has 0 saturated carbocycles. The molecule has 15 heteroatoms.